The molecule has 1 aliphatic heterocycles. The van der Waals surface area contributed by atoms with E-state index in [-0.39, 0.29) is 11.3 Å². The number of rotatable bonds is 9. The molecule has 1 atom stereocenters. The number of Topliss-reactive ketones (excluding diaryl/α,β-unsaturated/α-hetero) is 1. The van der Waals surface area contributed by atoms with Crippen LogP contribution in [0.1, 0.15) is 29.2 Å². The number of amides is 1. The Morgan fingerprint density at radius 3 is 2.52 bits per heavy atom. The summed E-state index contributed by atoms with van der Waals surface area (Å²) in [4.78, 5) is 29.4. The van der Waals surface area contributed by atoms with Crippen molar-refractivity contribution in [2.24, 2.45) is 0 Å². The van der Waals surface area contributed by atoms with Crippen LogP contribution in [0.25, 0.3) is 5.76 Å². The maximum Gasteiger partial charge on any atom is 0.295 e. The minimum Gasteiger partial charge on any atom is -0.507 e. The van der Waals surface area contributed by atoms with Gasteiger partial charge in [0.15, 0.2) is 0 Å². The van der Waals surface area contributed by atoms with Gasteiger partial charge in [0.05, 0.1) is 11.6 Å². The summed E-state index contributed by atoms with van der Waals surface area (Å²) in [5, 5.41) is 11.2. The summed E-state index contributed by atoms with van der Waals surface area (Å²) in [5.74, 6) is -1.49. The molecule has 0 radical (unpaired) electrons. The lowest BCUT2D eigenvalue weighted by molar-refractivity contribution is -0.139. The highest BCUT2D eigenvalue weighted by Crippen LogP contribution is 2.40. The fraction of sp³-hybridized carbons (Fsp3) is 0.308. The lowest BCUT2D eigenvalue weighted by atomic mass is 9.94. The normalized spacial score (nSPS) is 17.6. The predicted octanol–water partition coefficient (Wildman–Crippen LogP) is 4.07. The van der Waals surface area contributed by atoms with Crippen molar-refractivity contribution in [2.75, 3.05) is 33.8 Å². The summed E-state index contributed by atoms with van der Waals surface area (Å²) < 4.78 is 19.2. The van der Waals surface area contributed by atoms with Gasteiger partial charge in [-0.15, -0.1) is 0 Å². The number of benzene rings is 2. The number of nitrogens with zero attached hydrogens (tertiary/aromatic N) is 2. The molecule has 7 heteroatoms. The monoisotopic (exact) mass is 452 g/mol. The van der Waals surface area contributed by atoms with Crippen LogP contribution in [0.3, 0.4) is 0 Å². The summed E-state index contributed by atoms with van der Waals surface area (Å²) in [6, 6.07) is 9.89. The number of aryl methyl sites for hydroxylation is 1. The molecule has 2 aromatic rings. The Kier molecular flexibility index (Phi) is 7.66. The van der Waals surface area contributed by atoms with E-state index in [1.807, 2.05) is 25.9 Å². The van der Waals surface area contributed by atoms with Gasteiger partial charge in [-0.1, -0.05) is 24.8 Å². The first-order chi connectivity index (χ1) is 15.7. The number of carbonyl (C=O) groups is 2. The maximum absolute atomic E-state index is 13.6. The molecule has 2 aromatic carbocycles. The van der Waals surface area contributed by atoms with Crippen LogP contribution in [-0.2, 0) is 9.59 Å². The van der Waals surface area contributed by atoms with Crippen LogP contribution < -0.4 is 4.74 Å². The van der Waals surface area contributed by atoms with Crippen molar-refractivity contribution < 1.29 is 23.8 Å². The van der Waals surface area contributed by atoms with Gasteiger partial charge in [-0.3, -0.25) is 9.59 Å². The van der Waals surface area contributed by atoms with Gasteiger partial charge in [-0.2, -0.15) is 0 Å². The Bertz CT molecular complexity index is 1080. The molecule has 6 nitrogen and oxygen atoms in total. The van der Waals surface area contributed by atoms with Gasteiger partial charge >= 0.3 is 0 Å². The molecule has 1 saturated heterocycles. The molecule has 1 aliphatic rings. The Balaban J connectivity index is 2.06. The van der Waals surface area contributed by atoms with Gasteiger partial charge in [-0.05, 0) is 75.4 Å². The zero-order valence-corrected chi connectivity index (χ0v) is 19.2. The number of likely N-dealkylation sites (tertiary alicyclic amines) is 1. The zero-order chi connectivity index (χ0) is 24.1. The number of aliphatic hydroxyl groups is 1. The number of halogens is 1. The summed E-state index contributed by atoms with van der Waals surface area (Å²) in [6.45, 7) is 6.85. The zero-order valence-electron chi connectivity index (χ0n) is 19.2. The molecule has 0 bridgehead atoms. The van der Waals surface area contributed by atoms with E-state index < -0.39 is 23.5 Å². The largest absolute Gasteiger partial charge is 0.507 e. The van der Waals surface area contributed by atoms with Gasteiger partial charge in [0.2, 0.25) is 0 Å². The van der Waals surface area contributed by atoms with Crippen LogP contribution in [0.4, 0.5) is 4.39 Å². The minimum atomic E-state index is -0.801. The Morgan fingerprint density at radius 2 is 1.91 bits per heavy atom. The lowest BCUT2D eigenvalue weighted by Crippen LogP contribution is -2.32. The Hall–Kier alpha value is -3.45. The molecule has 0 saturated carbocycles. The van der Waals surface area contributed by atoms with Crippen molar-refractivity contribution in [3.63, 3.8) is 0 Å². The van der Waals surface area contributed by atoms with Crippen molar-refractivity contribution in [2.45, 2.75) is 19.4 Å². The molecular weight excluding hydrogens is 423 g/mol. The maximum atomic E-state index is 13.6. The third-order valence-corrected chi connectivity index (χ3v) is 5.54. The topological polar surface area (TPSA) is 70.1 Å². The van der Waals surface area contributed by atoms with E-state index in [9.17, 15) is 19.1 Å². The molecule has 3 rings (SSSR count). The number of hydrogen-bond donors (Lipinski definition) is 1. The van der Waals surface area contributed by atoms with E-state index in [0.29, 0.717) is 36.4 Å². The molecule has 174 valence electrons. The number of ketones is 1. The third-order valence-electron chi connectivity index (χ3n) is 5.54. The Morgan fingerprint density at radius 1 is 1.21 bits per heavy atom. The first-order valence-electron chi connectivity index (χ1n) is 10.8. The molecule has 1 fully saturated rings. The molecule has 1 heterocycles. The number of aliphatic hydroxyl groups excluding tert-OH is 1. The van der Waals surface area contributed by atoms with Crippen LogP contribution in [0, 0.1) is 12.7 Å². The molecule has 1 amide bonds. The SMILES string of the molecule is C=CCOc1ccc(C(O)=C2C(=O)C(=O)N(CCCN(C)C)[C@@H]2c2ccc(F)cc2)cc1C. The second-order valence-electron chi connectivity index (χ2n) is 8.28. The highest BCUT2D eigenvalue weighted by molar-refractivity contribution is 6.46. The Labute approximate surface area is 193 Å². The lowest BCUT2D eigenvalue weighted by Gasteiger charge is -2.26. The molecule has 1 N–H and O–H groups in total. The van der Waals surface area contributed by atoms with Crippen molar-refractivity contribution in [1.82, 2.24) is 9.80 Å². The average Bonchev–Trinajstić information content (AvgIpc) is 3.03. The van der Waals surface area contributed by atoms with Gasteiger partial charge in [-0.25, -0.2) is 4.39 Å². The fourth-order valence-corrected chi connectivity index (χ4v) is 3.92. The quantitative estimate of drug-likeness (QED) is 0.269. The molecular formula is C26H29FN2O4. The van der Waals surface area contributed by atoms with Crippen molar-refractivity contribution in [1.29, 1.82) is 0 Å². The highest BCUT2D eigenvalue weighted by atomic mass is 19.1. The van der Waals surface area contributed by atoms with Crippen molar-refractivity contribution in [3.05, 3.63) is 83.2 Å². The van der Waals surface area contributed by atoms with Gasteiger partial charge in [0.25, 0.3) is 11.7 Å². The second kappa shape index (κ2) is 10.4. The minimum absolute atomic E-state index is 0.00405. The summed E-state index contributed by atoms with van der Waals surface area (Å²) in [5.41, 5.74) is 1.72. The predicted molar refractivity (Wildman–Crippen MR) is 125 cm³/mol. The van der Waals surface area contributed by atoms with Crippen LogP contribution in [0.15, 0.2) is 60.7 Å². The fourth-order valence-electron chi connectivity index (χ4n) is 3.92. The highest BCUT2D eigenvalue weighted by Gasteiger charge is 2.45. The average molecular weight is 453 g/mol. The summed E-state index contributed by atoms with van der Waals surface area (Å²) in [6.07, 6.45) is 2.28. The van der Waals surface area contributed by atoms with Crippen LogP contribution >= 0.6 is 0 Å². The van der Waals surface area contributed by atoms with Crippen LogP contribution in [0.2, 0.25) is 0 Å². The number of carbonyl (C=O) groups excluding carboxylic acids is 2. The molecule has 33 heavy (non-hydrogen) atoms. The van der Waals surface area contributed by atoms with Crippen molar-refractivity contribution in [3.8, 4) is 5.75 Å². The molecule has 0 unspecified atom stereocenters. The third kappa shape index (κ3) is 5.31. The second-order valence-corrected chi connectivity index (χ2v) is 8.28. The van der Waals surface area contributed by atoms with E-state index in [2.05, 4.69) is 6.58 Å². The standard InChI is InChI=1S/C26H29FN2O4/c1-5-15-33-21-12-9-19(16-17(21)2)24(30)22-23(18-7-10-20(27)11-8-18)29(26(32)25(22)31)14-6-13-28(3)4/h5,7-12,16,23,30H,1,6,13-15H2,2-4H3/t23-/m1/s1. The van der Waals surface area contributed by atoms with Gasteiger partial charge in [0, 0.05) is 12.1 Å². The molecule has 0 aromatic heterocycles. The van der Waals surface area contributed by atoms with E-state index in [1.165, 1.54) is 29.2 Å². The van der Waals surface area contributed by atoms with Crippen molar-refractivity contribution >= 4 is 17.4 Å². The smallest absolute Gasteiger partial charge is 0.295 e. The van der Waals surface area contributed by atoms with E-state index in [4.69, 9.17) is 4.74 Å². The molecule has 0 aliphatic carbocycles. The number of hydrogen-bond acceptors (Lipinski definition) is 5. The van der Waals surface area contributed by atoms with Gasteiger partial charge in [0.1, 0.15) is 23.9 Å². The summed E-state index contributed by atoms with van der Waals surface area (Å²) in [7, 11) is 3.85. The summed E-state index contributed by atoms with van der Waals surface area (Å²) >= 11 is 0. The van der Waals surface area contributed by atoms with E-state index >= 15 is 0 Å². The first-order valence-corrected chi connectivity index (χ1v) is 10.8. The van der Waals surface area contributed by atoms with E-state index in [1.54, 1.807) is 24.3 Å². The first kappa shape index (κ1) is 24.2. The van der Waals surface area contributed by atoms with Crippen LogP contribution in [0.5, 0.6) is 5.75 Å². The number of ether oxygens (including phenoxy) is 1. The van der Waals surface area contributed by atoms with E-state index in [0.717, 1.165) is 12.1 Å². The molecule has 0 spiro atoms. The van der Waals surface area contributed by atoms with Gasteiger partial charge < -0.3 is 19.6 Å². The van der Waals surface area contributed by atoms with Crippen LogP contribution in [-0.4, -0.2) is 60.4 Å².